The van der Waals surface area contributed by atoms with Crippen molar-refractivity contribution in [1.82, 2.24) is 9.38 Å². The molecule has 0 radical (unpaired) electrons. The fourth-order valence-electron chi connectivity index (χ4n) is 7.10. The summed E-state index contributed by atoms with van der Waals surface area (Å²) in [7, 11) is 1.63. The zero-order valence-corrected chi connectivity index (χ0v) is 26.5. The summed E-state index contributed by atoms with van der Waals surface area (Å²) in [6.07, 6.45) is -2.08. The molecule has 240 valence electrons. The molecule has 8 nitrogen and oxygen atoms in total. The number of imidazole rings is 1. The van der Waals surface area contributed by atoms with Gasteiger partial charge in [0, 0.05) is 18.6 Å². The number of pyridine rings is 1. The van der Waals surface area contributed by atoms with Gasteiger partial charge in [0.2, 0.25) is 0 Å². The third-order valence-electron chi connectivity index (χ3n) is 9.36. The summed E-state index contributed by atoms with van der Waals surface area (Å²) in [5.74, 6) is -0.255. The van der Waals surface area contributed by atoms with Crippen LogP contribution in [0.15, 0.2) is 121 Å². The number of hydrogen-bond donors (Lipinski definition) is 0. The van der Waals surface area contributed by atoms with Crippen LogP contribution in [0.25, 0.3) is 27.9 Å². The number of methoxy groups -OCH3 is 1. The number of nitriles is 1. The van der Waals surface area contributed by atoms with Crippen LogP contribution < -0.4 is 0 Å². The minimum atomic E-state index is -0.669. The molecule has 8 heteroatoms. The zero-order valence-electron chi connectivity index (χ0n) is 26.5. The van der Waals surface area contributed by atoms with Crippen LogP contribution in [0.2, 0.25) is 0 Å². The predicted octanol–water partition coefficient (Wildman–Crippen LogP) is 7.26. The Kier molecular flexibility index (Phi) is 8.45. The lowest BCUT2D eigenvalue weighted by Gasteiger charge is -2.49. The van der Waals surface area contributed by atoms with Crippen LogP contribution in [0, 0.1) is 17.2 Å². The lowest BCUT2D eigenvalue weighted by molar-refractivity contribution is -0.355. The number of hydrogen-bond acceptors (Lipinski definition) is 7. The van der Waals surface area contributed by atoms with Crippen LogP contribution in [0.3, 0.4) is 0 Å². The summed E-state index contributed by atoms with van der Waals surface area (Å²) < 4.78 is 34.2. The predicted molar refractivity (Wildman–Crippen MR) is 181 cm³/mol. The van der Waals surface area contributed by atoms with Crippen LogP contribution in [-0.2, 0) is 36.7 Å². The van der Waals surface area contributed by atoms with Gasteiger partial charge in [-0.25, -0.2) is 4.98 Å². The molecule has 2 aliphatic heterocycles. The van der Waals surface area contributed by atoms with E-state index in [2.05, 4.69) is 28.7 Å². The fourth-order valence-corrected chi connectivity index (χ4v) is 7.10. The molecule has 2 fully saturated rings. The number of nitrogens with zero attached hydrogens (tertiary/aromatic N) is 3. The molecule has 4 aromatic carbocycles. The Morgan fingerprint density at radius 1 is 0.875 bits per heavy atom. The molecule has 2 saturated heterocycles. The van der Waals surface area contributed by atoms with E-state index >= 15 is 0 Å². The van der Waals surface area contributed by atoms with Gasteiger partial charge in [-0.05, 0) is 41.3 Å². The summed E-state index contributed by atoms with van der Waals surface area (Å²) >= 11 is 0. The Hall–Kier alpha value is -4.88. The highest BCUT2D eigenvalue weighted by atomic mass is 16.7. The molecule has 8 rings (SSSR count). The maximum atomic E-state index is 10.7. The van der Waals surface area contributed by atoms with Crippen molar-refractivity contribution < 1.29 is 23.7 Å². The van der Waals surface area contributed by atoms with Crippen molar-refractivity contribution in [3.63, 3.8) is 0 Å². The molecular formula is C40H35N3O5. The summed E-state index contributed by atoms with van der Waals surface area (Å²) in [6.45, 7) is 0.698. The lowest BCUT2D eigenvalue weighted by Crippen LogP contribution is -2.60. The van der Waals surface area contributed by atoms with E-state index in [9.17, 15) is 5.26 Å². The van der Waals surface area contributed by atoms with Gasteiger partial charge in [-0.1, -0.05) is 103 Å². The topological polar surface area (TPSA) is 87.2 Å². The van der Waals surface area contributed by atoms with E-state index in [0.29, 0.717) is 30.8 Å². The Labute approximate surface area is 279 Å². The van der Waals surface area contributed by atoms with Gasteiger partial charge in [-0.15, -0.1) is 0 Å². The normalized spacial score (nSPS) is 23.9. The van der Waals surface area contributed by atoms with Crippen LogP contribution in [0.4, 0.5) is 0 Å². The largest absolute Gasteiger partial charge is 0.368 e. The van der Waals surface area contributed by atoms with Crippen LogP contribution in [0.5, 0.6) is 0 Å². The number of ether oxygens (including phenoxy) is 5. The first-order valence-corrected chi connectivity index (χ1v) is 16.3. The van der Waals surface area contributed by atoms with Gasteiger partial charge in [-0.3, -0.25) is 4.40 Å². The molecule has 2 aromatic heterocycles. The van der Waals surface area contributed by atoms with E-state index < -0.39 is 30.9 Å². The molecule has 0 amide bonds. The number of fused-ring (bicyclic) bond motifs is 4. The lowest BCUT2D eigenvalue weighted by atomic mass is 9.82. The third-order valence-corrected chi connectivity index (χ3v) is 9.36. The molecule has 0 saturated carbocycles. The second-order valence-corrected chi connectivity index (χ2v) is 12.3. The van der Waals surface area contributed by atoms with Gasteiger partial charge in [0.05, 0.1) is 41.6 Å². The molecule has 4 heterocycles. The Bertz CT molecular complexity index is 2060. The van der Waals surface area contributed by atoms with Gasteiger partial charge in [0.1, 0.15) is 18.3 Å². The van der Waals surface area contributed by atoms with E-state index in [4.69, 9.17) is 28.7 Å². The van der Waals surface area contributed by atoms with E-state index in [1.807, 2.05) is 103 Å². The molecule has 0 spiro atoms. The molecule has 0 aliphatic carbocycles. The van der Waals surface area contributed by atoms with E-state index in [-0.39, 0.29) is 5.92 Å². The minimum absolute atomic E-state index is 0.255. The van der Waals surface area contributed by atoms with Crippen molar-refractivity contribution in [3.05, 3.63) is 144 Å². The molecule has 0 unspecified atom stereocenters. The first-order chi connectivity index (χ1) is 23.7. The molecule has 6 atom stereocenters. The minimum Gasteiger partial charge on any atom is -0.368 e. The van der Waals surface area contributed by atoms with Crippen LogP contribution >= 0.6 is 0 Å². The van der Waals surface area contributed by atoms with Crippen molar-refractivity contribution in [3.8, 4) is 17.3 Å². The van der Waals surface area contributed by atoms with E-state index in [1.54, 1.807) is 7.11 Å². The smallest absolute Gasteiger partial charge is 0.184 e. The second kappa shape index (κ2) is 13.3. The summed E-state index contributed by atoms with van der Waals surface area (Å²) in [4.78, 5) is 4.99. The summed E-state index contributed by atoms with van der Waals surface area (Å²) in [6, 6.07) is 42.9. The fraction of sp³-hybridized carbons (Fsp3) is 0.250. The highest BCUT2D eigenvalue weighted by Gasteiger charge is 2.51. The van der Waals surface area contributed by atoms with Crippen molar-refractivity contribution in [2.75, 3.05) is 13.7 Å². The van der Waals surface area contributed by atoms with Gasteiger partial charge >= 0.3 is 0 Å². The molecule has 0 bridgehead atoms. The highest BCUT2D eigenvalue weighted by Crippen LogP contribution is 2.41. The molecule has 0 N–H and O–H groups in total. The van der Waals surface area contributed by atoms with E-state index in [1.165, 1.54) is 0 Å². The van der Waals surface area contributed by atoms with Crippen molar-refractivity contribution in [2.45, 2.75) is 43.9 Å². The van der Waals surface area contributed by atoms with Gasteiger partial charge in [0.25, 0.3) is 0 Å². The van der Waals surface area contributed by atoms with Crippen molar-refractivity contribution in [2.24, 2.45) is 5.92 Å². The number of rotatable bonds is 8. The van der Waals surface area contributed by atoms with Crippen LogP contribution in [0.1, 0.15) is 28.5 Å². The molecule has 2 aliphatic rings. The second-order valence-electron chi connectivity index (χ2n) is 12.3. The first kappa shape index (κ1) is 30.5. The monoisotopic (exact) mass is 637 g/mol. The maximum absolute atomic E-state index is 10.7. The highest BCUT2D eigenvalue weighted by molar-refractivity contribution is 5.86. The summed E-state index contributed by atoms with van der Waals surface area (Å²) in [5.41, 5.74) is 7.74. The quantitative estimate of drug-likeness (QED) is 0.174. The Morgan fingerprint density at radius 2 is 1.58 bits per heavy atom. The molecular weight excluding hydrogens is 602 g/mol. The number of para-hydroxylation sites is 2. The Balaban J connectivity index is 1.26. The third kappa shape index (κ3) is 5.66. The van der Waals surface area contributed by atoms with Gasteiger partial charge < -0.3 is 23.7 Å². The molecule has 48 heavy (non-hydrogen) atoms. The van der Waals surface area contributed by atoms with E-state index in [0.717, 1.165) is 39.0 Å². The number of benzene rings is 4. The average Bonchev–Trinajstić information content (AvgIpc) is 3.54. The van der Waals surface area contributed by atoms with Crippen LogP contribution in [-0.4, -0.2) is 47.7 Å². The zero-order chi connectivity index (χ0) is 32.5. The number of aromatic nitrogens is 2. The Morgan fingerprint density at radius 3 is 2.33 bits per heavy atom. The average molecular weight is 638 g/mol. The van der Waals surface area contributed by atoms with Gasteiger partial charge in [0.15, 0.2) is 18.2 Å². The maximum Gasteiger partial charge on any atom is 0.184 e. The molecule has 6 aromatic rings. The van der Waals surface area contributed by atoms with Crippen molar-refractivity contribution >= 4 is 16.7 Å². The SMILES string of the molecule is CO[C@H]1O[C@@H]2CO[C@@H](c3ccccc3)O[C@H]2[C@@H](Cc2cc(-c3ccccc3)n3c(nc4ccccc43)c2C#N)[C@@H]1OCc1ccccc1. The summed E-state index contributed by atoms with van der Waals surface area (Å²) in [5, 5.41) is 10.7. The first-order valence-electron chi connectivity index (χ1n) is 16.3. The standard InChI is InChI=1S/C40H35N3O5/c1-44-40-37(45-24-26-13-5-2-6-14-26)30(36-35(47-40)25-46-39(48-36)28-17-9-4-10-18-28)21-29-22-34(27-15-7-3-8-16-27)43-33-20-12-11-19-32(33)42-38(43)31(29)23-41/h2-20,22,30,35-37,39-40H,21,24-25H2,1H3/t30-,35-,36+,37+,39-,40+/m1/s1. The van der Waals surface area contributed by atoms with Crippen molar-refractivity contribution in [1.29, 1.82) is 5.26 Å². The van der Waals surface area contributed by atoms with Gasteiger partial charge in [-0.2, -0.15) is 5.26 Å².